The van der Waals surface area contributed by atoms with Crippen LogP contribution in [0.15, 0.2) is 53.6 Å². The molecule has 0 amide bonds. The summed E-state index contributed by atoms with van der Waals surface area (Å²) in [7, 11) is 1.65. The van der Waals surface area contributed by atoms with Gasteiger partial charge < -0.3 is 14.4 Å². The zero-order chi connectivity index (χ0) is 22.9. The third-order valence-corrected chi connectivity index (χ3v) is 6.22. The fourth-order valence-electron chi connectivity index (χ4n) is 4.58. The number of fused-ring (bicyclic) bond motifs is 3. The van der Waals surface area contributed by atoms with Crippen LogP contribution in [-0.4, -0.2) is 47.4 Å². The number of morpholine rings is 1. The molecule has 0 bridgehead atoms. The van der Waals surface area contributed by atoms with Crippen LogP contribution >= 0.6 is 0 Å². The molecule has 1 fully saturated rings. The minimum atomic E-state index is -0.0516. The van der Waals surface area contributed by atoms with E-state index in [9.17, 15) is 4.79 Å². The zero-order valence-electron chi connectivity index (χ0n) is 19.5. The monoisotopic (exact) mass is 446 g/mol. The molecule has 5 rings (SSSR count). The number of rotatable bonds is 6. The fraction of sp³-hybridized carbons (Fsp3) is 0.385. The van der Waals surface area contributed by atoms with Gasteiger partial charge in [0.2, 0.25) is 0 Å². The van der Waals surface area contributed by atoms with Gasteiger partial charge in [-0.3, -0.25) is 14.0 Å². The van der Waals surface area contributed by atoms with E-state index >= 15 is 0 Å². The van der Waals surface area contributed by atoms with Crippen LogP contribution in [0.4, 0.5) is 5.69 Å². The summed E-state index contributed by atoms with van der Waals surface area (Å²) >= 11 is 0. The molecule has 4 heterocycles. The van der Waals surface area contributed by atoms with E-state index in [0.717, 1.165) is 58.6 Å². The quantitative estimate of drug-likeness (QED) is 0.452. The van der Waals surface area contributed by atoms with Crippen LogP contribution in [0.1, 0.15) is 25.0 Å². The van der Waals surface area contributed by atoms with Crippen molar-refractivity contribution in [1.29, 1.82) is 0 Å². The van der Waals surface area contributed by atoms with Crippen molar-refractivity contribution < 1.29 is 9.47 Å². The Balaban J connectivity index is 1.68. The van der Waals surface area contributed by atoms with Crippen LogP contribution in [0.3, 0.4) is 0 Å². The lowest BCUT2D eigenvalue weighted by Crippen LogP contribution is -2.36. The first-order valence-corrected chi connectivity index (χ1v) is 11.5. The predicted octanol–water partition coefficient (Wildman–Crippen LogP) is 3.74. The fourth-order valence-corrected chi connectivity index (χ4v) is 4.58. The predicted molar refractivity (Wildman–Crippen MR) is 131 cm³/mol. The summed E-state index contributed by atoms with van der Waals surface area (Å²) in [6.45, 7) is 7.88. The molecule has 1 aliphatic heterocycles. The number of anilines is 1. The molecule has 7 heteroatoms. The number of ether oxygens (including phenoxy) is 2. The Morgan fingerprint density at radius 3 is 2.52 bits per heavy atom. The average Bonchev–Trinajstić information content (AvgIpc) is 3.26. The lowest BCUT2D eigenvalue weighted by atomic mass is 10.1. The van der Waals surface area contributed by atoms with Crippen molar-refractivity contribution >= 4 is 22.2 Å². The first kappa shape index (κ1) is 21.5. The number of aromatic nitrogens is 3. The summed E-state index contributed by atoms with van der Waals surface area (Å²) in [6.07, 6.45) is 4.82. The van der Waals surface area contributed by atoms with Crippen LogP contribution in [0.2, 0.25) is 0 Å². The van der Waals surface area contributed by atoms with Gasteiger partial charge in [0.1, 0.15) is 11.3 Å². The van der Waals surface area contributed by atoms with Gasteiger partial charge in [-0.2, -0.15) is 0 Å². The van der Waals surface area contributed by atoms with E-state index in [1.165, 1.54) is 0 Å². The molecule has 0 atom stereocenters. The SMILES string of the molecule is COc1ccc(Cn2c(=O)n3cc(CC(C)C)cc3c3ncc(N4CCOCC4)cc32)cc1. The number of benzene rings is 1. The van der Waals surface area contributed by atoms with E-state index in [1.54, 1.807) is 11.5 Å². The molecule has 0 N–H and O–H groups in total. The maximum Gasteiger partial charge on any atom is 0.333 e. The molecule has 1 saturated heterocycles. The second-order valence-electron chi connectivity index (χ2n) is 9.08. The van der Waals surface area contributed by atoms with E-state index in [4.69, 9.17) is 14.5 Å². The van der Waals surface area contributed by atoms with E-state index < -0.39 is 0 Å². The van der Waals surface area contributed by atoms with Crippen LogP contribution in [0.5, 0.6) is 5.75 Å². The van der Waals surface area contributed by atoms with Gasteiger partial charge in [-0.15, -0.1) is 0 Å². The van der Waals surface area contributed by atoms with Gasteiger partial charge >= 0.3 is 5.69 Å². The summed E-state index contributed by atoms with van der Waals surface area (Å²) < 4.78 is 14.4. The highest BCUT2D eigenvalue weighted by atomic mass is 16.5. The van der Waals surface area contributed by atoms with E-state index in [1.807, 2.05) is 41.2 Å². The molecule has 0 spiro atoms. The van der Waals surface area contributed by atoms with Crippen LogP contribution < -0.4 is 15.3 Å². The maximum absolute atomic E-state index is 13.7. The molecule has 7 nitrogen and oxygen atoms in total. The molecular formula is C26H30N4O3. The Morgan fingerprint density at radius 2 is 1.82 bits per heavy atom. The highest BCUT2D eigenvalue weighted by Gasteiger charge is 2.18. The standard InChI is InChI=1S/C26H30N4O3/c1-18(2)12-20-13-23-25-24(14-21(15-27-25)28-8-10-33-11-9-28)29(26(31)30(23)17-20)16-19-4-6-22(32-3)7-5-19/h4-7,13-15,17-18H,8-12,16H2,1-3H3. The number of hydrogen-bond donors (Lipinski definition) is 0. The van der Waals surface area contributed by atoms with E-state index in [0.29, 0.717) is 25.7 Å². The Hall–Kier alpha value is -3.32. The third kappa shape index (κ3) is 4.20. The highest BCUT2D eigenvalue weighted by Crippen LogP contribution is 2.25. The maximum atomic E-state index is 13.7. The lowest BCUT2D eigenvalue weighted by molar-refractivity contribution is 0.122. The van der Waals surface area contributed by atoms with Crippen molar-refractivity contribution in [2.45, 2.75) is 26.8 Å². The van der Waals surface area contributed by atoms with E-state index in [-0.39, 0.29) is 5.69 Å². The van der Waals surface area contributed by atoms with Crippen molar-refractivity contribution in [2.24, 2.45) is 5.92 Å². The van der Waals surface area contributed by atoms with Crippen LogP contribution in [0.25, 0.3) is 16.6 Å². The smallest absolute Gasteiger partial charge is 0.333 e. The minimum Gasteiger partial charge on any atom is -0.497 e. The first-order chi connectivity index (χ1) is 16.0. The number of pyridine rings is 1. The normalized spacial score (nSPS) is 14.5. The average molecular weight is 447 g/mol. The molecule has 4 aromatic rings. The molecule has 1 aromatic carbocycles. The zero-order valence-corrected chi connectivity index (χ0v) is 19.5. The minimum absolute atomic E-state index is 0.0516. The van der Waals surface area contributed by atoms with E-state index in [2.05, 4.69) is 30.9 Å². The van der Waals surface area contributed by atoms with Crippen LogP contribution in [-0.2, 0) is 17.7 Å². The summed E-state index contributed by atoms with van der Waals surface area (Å²) in [5.74, 6) is 1.31. The van der Waals surface area contributed by atoms with Gasteiger partial charge in [0.15, 0.2) is 0 Å². The second kappa shape index (κ2) is 8.90. The van der Waals surface area contributed by atoms with Gasteiger partial charge in [0.25, 0.3) is 0 Å². The Labute approximate surface area is 193 Å². The summed E-state index contributed by atoms with van der Waals surface area (Å²) in [4.78, 5) is 20.8. The Kier molecular flexibility index (Phi) is 5.81. The molecule has 1 aliphatic rings. The van der Waals surface area contributed by atoms with Gasteiger partial charge in [-0.05, 0) is 47.7 Å². The molecule has 0 aliphatic carbocycles. The highest BCUT2D eigenvalue weighted by molar-refractivity contribution is 5.92. The molecule has 0 saturated carbocycles. The van der Waals surface area contributed by atoms with Crippen LogP contribution in [0, 0.1) is 5.92 Å². The van der Waals surface area contributed by atoms with Gasteiger partial charge in [0.05, 0.1) is 49.8 Å². The molecule has 0 unspecified atom stereocenters. The van der Waals surface area contributed by atoms with Gasteiger partial charge in [0, 0.05) is 19.3 Å². The van der Waals surface area contributed by atoms with Crippen molar-refractivity contribution in [1.82, 2.24) is 14.0 Å². The molecule has 33 heavy (non-hydrogen) atoms. The largest absolute Gasteiger partial charge is 0.497 e. The molecule has 3 aromatic heterocycles. The van der Waals surface area contributed by atoms with Crippen molar-refractivity contribution in [2.75, 3.05) is 38.3 Å². The summed E-state index contributed by atoms with van der Waals surface area (Å²) in [6, 6.07) is 12.1. The van der Waals surface area contributed by atoms with Gasteiger partial charge in [-0.25, -0.2) is 4.79 Å². The van der Waals surface area contributed by atoms with Gasteiger partial charge in [-0.1, -0.05) is 26.0 Å². The Bertz CT molecular complexity index is 1330. The topological polar surface area (TPSA) is 61.0 Å². The molecular weight excluding hydrogens is 416 g/mol. The van der Waals surface area contributed by atoms with Crippen molar-refractivity contribution in [3.63, 3.8) is 0 Å². The molecule has 172 valence electrons. The first-order valence-electron chi connectivity index (χ1n) is 11.5. The van der Waals surface area contributed by atoms with Crippen molar-refractivity contribution in [3.05, 3.63) is 70.4 Å². The Morgan fingerprint density at radius 1 is 1.06 bits per heavy atom. The molecule has 0 radical (unpaired) electrons. The number of hydrogen-bond acceptors (Lipinski definition) is 5. The second-order valence-corrected chi connectivity index (χ2v) is 9.08. The number of nitrogens with zero attached hydrogens (tertiary/aromatic N) is 4. The lowest BCUT2D eigenvalue weighted by Gasteiger charge is -2.28. The third-order valence-electron chi connectivity index (χ3n) is 6.22. The summed E-state index contributed by atoms with van der Waals surface area (Å²) in [5, 5.41) is 0. The summed E-state index contributed by atoms with van der Waals surface area (Å²) in [5.41, 5.74) is 5.72. The number of methoxy groups -OCH3 is 1. The van der Waals surface area contributed by atoms with Crippen molar-refractivity contribution in [3.8, 4) is 5.75 Å².